The van der Waals surface area contributed by atoms with E-state index in [1.54, 1.807) is 18.2 Å². The minimum absolute atomic E-state index is 0.0445. The fraction of sp³-hybridized carbons (Fsp3) is 0.381. The first kappa shape index (κ1) is 21.0. The van der Waals surface area contributed by atoms with Crippen molar-refractivity contribution in [2.45, 2.75) is 46.2 Å². The summed E-state index contributed by atoms with van der Waals surface area (Å²) in [7, 11) is -3.58. The lowest BCUT2D eigenvalue weighted by atomic mass is 10.1. The van der Waals surface area contributed by atoms with Crippen molar-refractivity contribution in [2.75, 3.05) is 5.75 Å². The average Bonchev–Trinajstić information content (AvgIpc) is 2.66. The molecule has 0 radical (unpaired) electrons. The minimum atomic E-state index is -3.58. The van der Waals surface area contributed by atoms with Crippen molar-refractivity contribution in [1.82, 2.24) is 4.90 Å². The largest absolute Gasteiger partial charge is 0.382 e. The quantitative estimate of drug-likeness (QED) is 0.612. The van der Waals surface area contributed by atoms with Crippen molar-refractivity contribution in [3.63, 3.8) is 0 Å². The molecule has 0 fully saturated rings. The molecule has 0 N–H and O–H groups in total. The summed E-state index contributed by atoms with van der Waals surface area (Å²) < 4.78 is 28.4. The molecule has 0 saturated heterocycles. The lowest BCUT2D eigenvalue weighted by molar-refractivity contribution is -0.133. The Labute approximate surface area is 162 Å². The zero-order valence-corrected chi connectivity index (χ0v) is 16.9. The molecule has 0 aliphatic carbocycles. The third-order valence-corrected chi connectivity index (χ3v) is 5.62. The van der Waals surface area contributed by atoms with Crippen molar-refractivity contribution in [3.05, 3.63) is 65.7 Å². The molecule has 1 unspecified atom stereocenters. The van der Waals surface area contributed by atoms with Crippen LogP contribution in [0.15, 0.2) is 54.6 Å². The van der Waals surface area contributed by atoms with E-state index >= 15 is 0 Å². The SMILES string of the molecule is CCC(C)N(Cc1cccc(OS(=O)(=O)CC)c1)C(=O)Cc1ccccc1. The average molecular weight is 390 g/mol. The number of rotatable bonds is 9. The minimum Gasteiger partial charge on any atom is -0.382 e. The standard InChI is InChI=1S/C21H27NO4S/c1-4-17(3)22(21(23)15-18-10-7-6-8-11-18)16-19-12-9-13-20(14-19)26-27(24,25)5-2/h6-14,17H,4-5,15-16H2,1-3H3. The second-order valence-electron chi connectivity index (χ2n) is 6.52. The van der Waals surface area contributed by atoms with E-state index in [1.807, 2.05) is 55.1 Å². The van der Waals surface area contributed by atoms with E-state index in [0.29, 0.717) is 13.0 Å². The monoisotopic (exact) mass is 389 g/mol. The first-order chi connectivity index (χ1) is 12.8. The maximum absolute atomic E-state index is 12.9. The Kier molecular flexibility index (Phi) is 7.42. The number of hydrogen-bond acceptors (Lipinski definition) is 4. The van der Waals surface area contributed by atoms with Crippen molar-refractivity contribution < 1.29 is 17.4 Å². The van der Waals surface area contributed by atoms with E-state index in [-0.39, 0.29) is 23.5 Å². The Hall–Kier alpha value is -2.34. The van der Waals surface area contributed by atoms with Crippen LogP contribution in [0.2, 0.25) is 0 Å². The zero-order chi connectivity index (χ0) is 19.9. The van der Waals surface area contributed by atoms with Crippen molar-refractivity contribution in [3.8, 4) is 5.75 Å². The van der Waals surface area contributed by atoms with Crippen LogP contribution in [0.1, 0.15) is 38.3 Å². The second kappa shape index (κ2) is 9.55. The highest BCUT2D eigenvalue weighted by Gasteiger charge is 2.20. The molecule has 0 aliphatic rings. The number of amides is 1. The van der Waals surface area contributed by atoms with Crippen LogP contribution in [0.3, 0.4) is 0 Å². The van der Waals surface area contributed by atoms with Crippen LogP contribution in [0.25, 0.3) is 0 Å². The van der Waals surface area contributed by atoms with E-state index in [2.05, 4.69) is 0 Å². The number of benzene rings is 2. The number of carbonyl (C=O) groups excluding carboxylic acids is 1. The van der Waals surface area contributed by atoms with Crippen LogP contribution < -0.4 is 4.18 Å². The van der Waals surface area contributed by atoms with Gasteiger partial charge in [-0.15, -0.1) is 0 Å². The molecule has 2 rings (SSSR count). The summed E-state index contributed by atoms with van der Waals surface area (Å²) in [5.41, 5.74) is 1.81. The molecule has 0 bridgehead atoms. The van der Waals surface area contributed by atoms with Gasteiger partial charge >= 0.3 is 10.1 Å². The van der Waals surface area contributed by atoms with E-state index in [1.165, 1.54) is 6.92 Å². The van der Waals surface area contributed by atoms with Gasteiger partial charge in [-0.2, -0.15) is 8.42 Å². The van der Waals surface area contributed by atoms with E-state index in [0.717, 1.165) is 17.5 Å². The van der Waals surface area contributed by atoms with Crippen LogP contribution in [0.5, 0.6) is 5.75 Å². The fourth-order valence-electron chi connectivity index (χ4n) is 2.68. The third-order valence-electron chi connectivity index (χ3n) is 4.47. The molecule has 0 aromatic heterocycles. The predicted molar refractivity (Wildman–Crippen MR) is 107 cm³/mol. The molecule has 146 valence electrons. The summed E-state index contributed by atoms with van der Waals surface area (Å²) in [6.45, 7) is 6.00. The molecule has 2 aromatic carbocycles. The Morgan fingerprint density at radius 2 is 1.70 bits per heavy atom. The summed E-state index contributed by atoms with van der Waals surface area (Å²) in [6, 6.07) is 16.6. The van der Waals surface area contributed by atoms with Gasteiger partial charge in [-0.1, -0.05) is 49.4 Å². The molecule has 1 atom stereocenters. The molecule has 1 amide bonds. The molecule has 0 saturated carbocycles. The summed E-state index contributed by atoms with van der Waals surface area (Å²) in [4.78, 5) is 14.7. The van der Waals surface area contributed by atoms with Gasteiger partial charge in [-0.05, 0) is 43.5 Å². The van der Waals surface area contributed by atoms with E-state index < -0.39 is 10.1 Å². The maximum atomic E-state index is 12.9. The van der Waals surface area contributed by atoms with Crippen LogP contribution in [0.4, 0.5) is 0 Å². The van der Waals surface area contributed by atoms with Gasteiger partial charge in [-0.3, -0.25) is 4.79 Å². The van der Waals surface area contributed by atoms with E-state index in [4.69, 9.17) is 4.18 Å². The molecule has 0 spiro atoms. The molecule has 6 heteroatoms. The molecule has 2 aromatic rings. The lowest BCUT2D eigenvalue weighted by Crippen LogP contribution is -2.38. The topological polar surface area (TPSA) is 63.7 Å². The Balaban J connectivity index is 2.17. The number of nitrogens with zero attached hydrogens (tertiary/aromatic N) is 1. The van der Waals surface area contributed by atoms with E-state index in [9.17, 15) is 13.2 Å². The smallest absolute Gasteiger partial charge is 0.308 e. The van der Waals surface area contributed by atoms with Crippen LogP contribution in [-0.4, -0.2) is 31.0 Å². The molecular formula is C21H27NO4S. The molecule has 0 aliphatic heterocycles. The Bertz CT molecular complexity index is 849. The highest BCUT2D eigenvalue weighted by Crippen LogP contribution is 2.19. The second-order valence-corrected chi connectivity index (χ2v) is 8.38. The lowest BCUT2D eigenvalue weighted by Gasteiger charge is -2.29. The molecule has 27 heavy (non-hydrogen) atoms. The van der Waals surface area contributed by atoms with Crippen LogP contribution >= 0.6 is 0 Å². The number of carbonyl (C=O) groups is 1. The summed E-state index contributed by atoms with van der Waals surface area (Å²) >= 11 is 0. The van der Waals surface area contributed by atoms with Gasteiger partial charge in [0.15, 0.2) is 0 Å². The zero-order valence-electron chi connectivity index (χ0n) is 16.1. The van der Waals surface area contributed by atoms with Crippen LogP contribution in [0, 0.1) is 0 Å². The highest BCUT2D eigenvalue weighted by molar-refractivity contribution is 7.87. The predicted octanol–water partition coefficient (Wildman–Crippen LogP) is 3.78. The van der Waals surface area contributed by atoms with Gasteiger partial charge in [0.05, 0.1) is 12.2 Å². The van der Waals surface area contributed by atoms with Crippen LogP contribution in [-0.2, 0) is 27.9 Å². The van der Waals surface area contributed by atoms with Gasteiger partial charge < -0.3 is 9.08 Å². The van der Waals surface area contributed by atoms with Crippen molar-refractivity contribution in [2.24, 2.45) is 0 Å². The summed E-state index contributed by atoms with van der Waals surface area (Å²) in [6.07, 6.45) is 1.17. The third kappa shape index (κ3) is 6.40. The number of hydrogen-bond donors (Lipinski definition) is 0. The maximum Gasteiger partial charge on any atom is 0.308 e. The Morgan fingerprint density at radius 1 is 1.04 bits per heavy atom. The Morgan fingerprint density at radius 3 is 2.33 bits per heavy atom. The van der Waals surface area contributed by atoms with Gasteiger partial charge in [0, 0.05) is 12.6 Å². The first-order valence-corrected chi connectivity index (χ1v) is 10.8. The normalized spacial score (nSPS) is 12.4. The first-order valence-electron chi connectivity index (χ1n) is 9.19. The molecular weight excluding hydrogens is 362 g/mol. The highest BCUT2D eigenvalue weighted by atomic mass is 32.2. The van der Waals surface area contributed by atoms with Gasteiger partial charge in [0.1, 0.15) is 5.75 Å². The van der Waals surface area contributed by atoms with Crippen molar-refractivity contribution in [1.29, 1.82) is 0 Å². The van der Waals surface area contributed by atoms with Gasteiger partial charge in [-0.25, -0.2) is 0 Å². The van der Waals surface area contributed by atoms with Crippen molar-refractivity contribution >= 4 is 16.0 Å². The summed E-state index contributed by atoms with van der Waals surface area (Å²) in [5, 5.41) is 0. The molecule has 5 nitrogen and oxygen atoms in total. The van der Waals surface area contributed by atoms with Gasteiger partial charge in [0.25, 0.3) is 0 Å². The molecule has 0 heterocycles. The fourth-order valence-corrected chi connectivity index (χ4v) is 3.19. The van der Waals surface area contributed by atoms with Gasteiger partial charge in [0.2, 0.25) is 5.91 Å². The summed E-state index contributed by atoms with van der Waals surface area (Å²) in [5.74, 6) is 0.225.